The van der Waals surface area contributed by atoms with Gasteiger partial charge < -0.3 is 10.4 Å². The summed E-state index contributed by atoms with van der Waals surface area (Å²) in [6.07, 6.45) is 9.23. The molecule has 4 nitrogen and oxygen atoms in total. The number of amides is 1. The van der Waals surface area contributed by atoms with Crippen LogP contribution in [0.5, 0.6) is 0 Å². The summed E-state index contributed by atoms with van der Waals surface area (Å²) >= 11 is 0. The summed E-state index contributed by atoms with van der Waals surface area (Å²) in [6.45, 7) is 2.44. The quantitative estimate of drug-likeness (QED) is 0.665. The highest BCUT2D eigenvalue weighted by Crippen LogP contribution is 2.36. The van der Waals surface area contributed by atoms with Crippen LogP contribution in [0.3, 0.4) is 0 Å². The predicted octanol–water partition coefficient (Wildman–Crippen LogP) is 3.11. The normalized spacial score (nSPS) is 17.9. The number of unbranched alkanes of at least 4 members (excludes halogenated alkanes) is 3. The smallest absolute Gasteiger partial charge is 0.311 e. The first-order valence-corrected chi connectivity index (χ1v) is 7.61. The lowest BCUT2D eigenvalue weighted by Gasteiger charge is -2.33. The highest BCUT2D eigenvalue weighted by molar-refractivity contribution is 5.79. The second-order valence-electron chi connectivity index (χ2n) is 5.73. The van der Waals surface area contributed by atoms with E-state index in [0.717, 1.165) is 44.9 Å². The number of nitrogens with one attached hydrogen (secondary N) is 1. The average Bonchev–Trinajstić information content (AvgIpc) is 2.42. The first-order chi connectivity index (χ1) is 9.10. The molecule has 0 saturated heterocycles. The Hall–Kier alpha value is -1.06. The number of carboxylic acids is 1. The fourth-order valence-corrected chi connectivity index (χ4v) is 2.76. The molecule has 0 radical (unpaired) electrons. The molecular weight excluding hydrogens is 242 g/mol. The average molecular weight is 269 g/mol. The van der Waals surface area contributed by atoms with Gasteiger partial charge in [-0.25, -0.2) is 0 Å². The van der Waals surface area contributed by atoms with Crippen LogP contribution < -0.4 is 5.32 Å². The van der Waals surface area contributed by atoms with Crippen LogP contribution in [0.15, 0.2) is 0 Å². The summed E-state index contributed by atoms with van der Waals surface area (Å²) in [4.78, 5) is 23.1. The molecule has 0 aromatic carbocycles. The van der Waals surface area contributed by atoms with E-state index in [0.29, 0.717) is 25.8 Å². The van der Waals surface area contributed by atoms with Gasteiger partial charge in [-0.3, -0.25) is 9.59 Å². The molecule has 1 saturated carbocycles. The van der Waals surface area contributed by atoms with Gasteiger partial charge in [0.25, 0.3) is 0 Å². The lowest BCUT2D eigenvalue weighted by molar-refractivity contribution is -0.151. The van der Waals surface area contributed by atoms with Crippen molar-refractivity contribution in [1.29, 1.82) is 0 Å². The van der Waals surface area contributed by atoms with Crippen LogP contribution in [0.1, 0.15) is 71.1 Å². The second kappa shape index (κ2) is 8.18. The van der Waals surface area contributed by atoms with Crippen LogP contribution in [0.4, 0.5) is 0 Å². The van der Waals surface area contributed by atoms with Gasteiger partial charge in [0.15, 0.2) is 0 Å². The topological polar surface area (TPSA) is 66.4 Å². The predicted molar refractivity (Wildman–Crippen MR) is 74.9 cm³/mol. The number of rotatable bonds is 8. The van der Waals surface area contributed by atoms with Crippen LogP contribution in [0.2, 0.25) is 0 Å². The molecule has 0 aromatic heterocycles. The van der Waals surface area contributed by atoms with Gasteiger partial charge in [0.1, 0.15) is 0 Å². The summed E-state index contributed by atoms with van der Waals surface area (Å²) in [5.74, 6) is -0.749. The van der Waals surface area contributed by atoms with Crippen molar-refractivity contribution in [2.24, 2.45) is 5.41 Å². The zero-order chi connectivity index (χ0) is 14.1. The zero-order valence-corrected chi connectivity index (χ0v) is 12.0. The molecule has 0 unspecified atom stereocenters. The summed E-state index contributed by atoms with van der Waals surface area (Å²) in [6, 6.07) is 0. The van der Waals surface area contributed by atoms with E-state index in [1.165, 1.54) is 0 Å². The highest BCUT2D eigenvalue weighted by Gasteiger charge is 2.39. The molecule has 19 heavy (non-hydrogen) atoms. The second-order valence-corrected chi connectivity index (χ2v) is 5.73. The lowest BCUT2D eigenvalue weighted by Crippen LogP contribution is -2.44. The Balaban J connectivity index is 2.31. The van der Waals surface area contributed by atoms with Gasteiger partial charge in [-0.2, -0.15) is 0 Å². The Kier molecular flexibility index (Phi) is 6.89. The zero-order valence-electron chi connectivity index (χ0n) is 12.0. The summed E-state index contributed by atoms with van der Waals surface area (Å²) in [7, 11) is 0. The summed E-state index contributed by atoms with van der Waals surface area (Å²) < 4.78 is 0. The molecule has 1 rings (SSSR count). The fourth-order valence-electron chi connectivity index (χ4n) is 2.76. The molecule has 1 amide bonds. The molecule has 0 heterocycles. The number of hydrogen-bond donors (Lipinski definition) is 2. The van der Waals surface area contributed by atoms with Crippen molar-refractivity contribution in [2.75, 3.05) is 6.54 Å². The van der Waals surface area contributed by atoms with Gasteiger partial charge in [0.2, 0.25) is 5.91 Å². The molecule has 2 N–H and O–H groups in total. The minimum absolute atomic E-state index is 0.00213. The van der Waals surface area contributed by atoms with Crippen LogP contribution in [0.25, 0.3) is 0 Å². The molecule has 110 valence electrons. The van der Waals surface area contributed by atoms with E-state index < -0.39 is 11.4 Å². The van der Waals surface area contributed by atoms with E-state index in [-0.39, 0.29) is 5.91 Å². The monoisotopic (exact) mass is 269 g/mol. The number of carbonyl (C=O) groups excluding carboxylic acids is 1. The van der Waals surface area contributed by atoms with Crippen molar-refractivity contribution >= 4 is 11.9 Å². The fraction of sp³-hybridized carbons (Fsp3) is 0.867. The molecule has 0 atom stereocenters. The Morgan fingerprint density at radius 1 is 1.11 bits per heavy atom. The van der Waals surface area contributed by atoms with E-state index in [1.807, 2.05) is 0 Å². The van der Waals surface area contributed by atoms with Crippen molar-refractivity contribution in [3.05, 3.63) is 0 Å². The molecule has 0 spiro atoms. The van der Waals surface area contributed by atoms with E-state index in [2.05, 4.69) is 12.2 Å². The van der Waals surface area contributed by atoms with E-state index in [1.54, 1.807) is 0 Å². The Morgan fingerprint density at radius 2 is 1.79 bits per heavy atom. The van der Waals surface area contributed by atoms with E-state index >= 15 is 0 Å². The maximum atomic E-state index is 11.7. The molecule has 1 fully saturated rings. The Labute approximate surface area is 116 Å². The van der Waals surface area contributed by atoms with Crippen molar-refractivity contribution in [3.8, 4) is 0 Å². The van der Waals surface area contributed by atoms with E-state index in [4.69, 9.17) is 0 Å². The summed E-state index contributed by atoms with van der Waals surface area (Å²) in [5, 5.41) is 12.2. The van der Waals surface area contributed by atoms with Crippen molar-refractivity contribution in [1.82, 2.24) is 5.32 Å². The van der Waals surface area contributed by atoms with E-state index in [9.17, 15) is 14.7 Å². The molecule has 0 aliphatic heterocycles. The maximum absolute atomic E-state index is 11.7. The number of carboxylic acid groups (broad SMARTS) is 1. The van der Waals surface area contributed by atoms with Gasteiger partial charge in [0, 0.05) is 13.0 Å². The maximum Gasteiger partial charge on any atom is 0.311 e. The number of carbonyl (C=O) groups is 2. The minimum atomic E-state index is -0.751. The first-order valence-electron chi connectivity index (χ1n) is 7.61. The molecule has 1 aliphatic carbocycles. The SMILES string of the molecule is CCCCCCC(=O)NCC1(C(=O)O)CCCCC1. The van der Waals surface area contributed by atoms with Gasteiger partial charge in [0.05, 0.1) is 5.41 Å². The third kappa shape index (κ3) is 5.21. The molecule has 0 bridgehead atoms. The highest BCUT2D eigenvalue weighted by atomic mass is 16.4. The van der Waals surface area contributed by atoms with Crippen LogP contribution >= 0.6 is 0 Å². The third-order valence-electron chi connectivity index (χ3n) is 4.15. The lowest BCUT2D eigenvalue weighted by atomic mass is 9.74. The minimum Gasteiger partial charge on any atom is -0.481 e. The van der Waals surface area contributed by atoms with Gasteiger partial charge in [-0.05, 0) is 19.3 Å². The molecule has 0 aromatic rings. The third-order valence-corrected chi connectivity index (χ3v) is 4.15. The van der Waals surface area contributed by atoms with Gasteiger partial charge in [-0.15, -0.1) is 0 Å². The molecule has 4 heteroatoms. The number of hydrogen-bond acceptors (Lipinski definition) is 2. The van der Waals surface area contributed by atoms with Gasteiger partial charge >= 0.3 is 5.97 Å². The van der Waals surface area contributed by atoms with Crippen LogP contribution in [-0.4, -0.2) is 23.5 Å². The summed E-state index contributed by atoms with van der Waals surface area (Å²) in [5.41, 5.74) is -0.711. The van der Waals surface area contributed by atoms with Crippen LogP contribution in [0, 0.1) is 5.41 Å². The first kappa shape index (κ1) is 16.0. The Bertz CT molecular complexity index is 296. The molecule has 1 aliphatic rings. The number of aliphatic carboxylic acids is 1. The van der Waals surface area contributed by atoms with Crippen molar-refractivity contribution < 1.29 is 14.7 Å². The largest absolute Gasteiger partial charge is 0.481 e. The standard InChI is InChI=1S/C15H27NO3/c1-2-3-4-6-9-13(17)16-12-15(14(18)19)10-7-5-8-11-15/h2-12H2,1H3,(H,16,17)(H,18,19). The van der Waals surface area contributed by atoms with Gasteiger partial charge in [-0.1, -0.05) is 45.4 Å². The van der Waals surface area contributed by atoms with Crippen LogP contribution in [-0.2, 0) is 9.59 Å². The van der Waals surface area contributed by atoms with Crippen molar-refractivity contribution in [3.63, 3.8) is 0 Å². The molecular formula is C15H27NO3. The Morgan fingerprint density at radius 3 is 2.37 bits per heavy atom. The van der Waals surface area contributed by atoms with Crippen molar-refractivity contribution in [2.45, 2.75) is 71.1 Å².